The molecule has 2 fully saturated rings. The first-order valence-corrected chi connectivity index (χ1v) is 8.15. The first-order chi connectivity index (χ1) is 11.1. The van der Waals surface area contributed by atoms with Crippen molar-refractivity contribution in [3.05, 3.63) is 40.6 Å². The number of benzene rings is 1. The van der Waals surface area contributed by atoms with Crippen molar-refractivity contribution >= 4 is 34.9 Å². The van der Waals surface area contributed by atoms with Crippen LogP contribution in [-0.4, -0.2) is 46.5 Å². The second kappa shape index (κ2) is 6.54. The monoisotopic (exact) mass is 334 g/mol. The van der Waals surface area contributed by atoms with E-state index in [1.807, 2.05) is 0 Å². The fourth-order valence-corrected chi connectivity index (χ4v) is 3.40. The van der Waals surface area contributed by atoms with Gasteiger partial charge in [-0.2, -0.15) is 0 Å². The molecule has 2 heterocycles. The molecule has 2 aliphatic heterocycles. The highest BCUT2D eigenvalue weighted by atomic mass is 32.2. The van der Waals surface area contributed by atoms with Gasteiger partial charge in [-0.25, -0.2) is 4.39 Å². The van der Waals surface area contributed by atoms with E-state index in [4.69, 9.17) is 0 Å². The molecule has 0 unspecified atom stereocenters. The molecule has 1 aromatic carbocycles. The van der Waals surface area contributed by atoms with Crippen LogP contribution >= 0.6 is 11.8 Å². The summed E-state index contributed by atoms with van der Waals surface area (Å²) >= 11 is 0.731. The molecule has 0 aromatic heterocycles. The van der Waals surface area contributed by atoms with Crippen LogP contribution in [0.2, 0.25) is 0 Å². The number of imide groups is 1. The van der Waals surface area contributed by atoms with E-state index in [1.165, 1.54) is 18.2 Å². The second-order valence-electron chi connectivity index (χ2n) is 5.38. The van der Waals surface area contributed by atoms with Gasteiger partial charge in [0.25, 0.3) is 11.1 Å². The molecule has 120 valence electrons. The van der Waals surface area contributed by atoms with Crippen LogP contribution in [0.4, 0.5) is 9.18 Å². The molecule has 0 atom stereocenters. The lowest BCUT2D eigenvalue weighted by atomic mass is 10.2. The summed E-state index contributed by atoms with van der Waals surface area (Å²) in [5, 5.41) is -0.495. The lowest BCUT2D eigenvalue weighted by Crippen LogP contribution is -2.40. The zero-order valence-electron chi connectivity index (χ0n) is 12.3. The fourth-order valence-electron chi connectivity index (χ4n) is 2.57. The number of carbonyl (C=O) groups excluding carboxylic acids is 3. The molecule has 3 rings (SSSR count). The Labute approximate surface area is 137 Å². The molecule has 0 N–H and O–H groups in total. The summed E-state index contributed by atoms with van der Waals surface area (Å²) in [7, 11) is 0. The van der Waals surface area contributed by atoms with Gasteiger partial charge in [0, 0.05) is 18.7 Å². The molecule has 0 radical (unpaired) electrons. The van der Waals surface area contributed by atoms with Gasteiger partial charge in [-0.1, -0.05) is 18.2 Å². The summed E-state index contributed by atoms with van der Waals surface area (Å²) in [5.41, 5.74) is 0.240. The smallest absolute Gasteiger partial charge is 0.294 e. The molecular formula is C16H15FN2O3S. The van der Waals surface area contributed by atoms with Gasteiger partial charge in [-0.3, -0.25) is 19.3 Å². The highest BCUT2D eigenvalue weighted by Crippen LogP contribution is 2.32. The van der Waals surface area contributed by atoms with Crippen LogP contribution in [0, 0.1) is 5.82 Å². The van der Waals surface area contributed by atoms with Crippen LogP contribution in [0.1, 0.15) is 18.4 Å². The van der Waals surface area contributed by atoms with Gasteiger partial charge in [0.05, 0.1) is 4.91 Å². The summed E-state index contributed by atoms with van der Waals surface area (Å²) < 4.78 is 13.7. The number of hydrogen-bond acceptors (Lipinski definition) is 4. The van der Waals surface area contributed by atoms with E-state index in [2.05, 4.69) is 0 Å². The lowest BCUT2D eigenvalue weighted by molar-refractivity contribution is -0.135. The number of thioether (sulfide) groups is 1. The summed E-state index contributed by atoms with van der Waals surface area (Å²) in [4.78, 5) is 39.1. The van der Waals surface area contributed by atoms with Crippen molar-refractivity contribution in [2.45, 2.75) is 12.8 Å². The number of likely N-dealkylation sites (tertiary alicyclic amines) is 1. The molecule has 0 bridgehead atoms. The molecule has 2 saturated heterocycles. The van der Waals surface area contributed by atoms with Crippen molar-refractivity contribution in [3.8, 4) is 0 Å². The van der Waals surface area contributed by atoms with Crippen molar-refractivity contribution in [1.82, 2.24) is 9.80 Å². The van der Waals surface area contributed by atoms with Crippen molar-refractivity contribution in [1.29, 1.82) is 0 Å². The standard InChI is InChI=1S/C16H15FN2O3S/c17-12-6-2-1-5-11(12)9-13-15(21)19(16(22)23-13)10-14(20)18-7-3-4-8-18/h1-2,5-6,9H,3-4,7-8,10H2/b13-9-. The third-order valence-electron chi connectivity index (χ3n) is 3.82. The Hall–Kier alpha value is -2.15. The van der Waals surface area contributed by atoms with Gasteiger partial charge >= 0.3 is 0 Å². The van der Waals surface area contributed by atoms with Gasteiger partial charge in [0.2, 0.25) is 5.91 Å². The molecule has 2 aliphatic rings. The Morgan fingerprint density at radius 1 is 1.22 bits per heavy atom. The Morgan fingerprint density at radius 2 is 1.91 bits per heavy atom. The van der Waals surface area contributed by atoms with Crippen LogP contribution < -0.4 is 0 Å². The molecule has 0 spiro atoms. The summed E-state index contributed by atoms with van der Waals surface area (Å²) in [6, 6.07) is 6.01. The molecule has 23 heavy (non-hydrogen) atoms. The van der Waals surface area contributed by atoms with Crippen LogP contribution in [-0.2, 0) is 9.59 Å². The van der Waals surface area contributed by atoms with Crippen molar-refractivity contribution in [2.24, 2.45) is 0 Å². The second-order valence-corrected chi connectivity index (χ2v) is 6.37. The summed E-state index contributed by atoms with van der Waals surface area (Å²) in [6.45, 7) is 1.08. The van der Waals surface area contributed by atoms with E-state index < -0.39 is 17.0 Å². The van der Waals surface area contributed by atoms with E-state index in [0.29, 0.717) is 13.1 Å². The van der Waals surface area contributed by atoms with Crippen molar-refractivity contribution in [3.63, 3.8) is 0 Å². The van der Waals surface area contributed by atoms with E-state index in [0.717, 1.165) is 29.5 Å². The molecular weight excluding hydrogens is 319 g/mol. The third kappa shape index (κ3) is 3.29. The maximum Gasteiger partial charge on any atom is 0.294 e. The van der Waals surface area contributed by atoms with Crippen LogP contribution in [0.3, 0.4) is 0 Å². The predicted octanol–water partition coefficient (Wildman–Crippen LogP) is 2.48. The van der Waals surface area contributed by atoms with Crippen molar-refractivity contribution < 1.29 is 18.8 Å². The highest BCUT2D eigenvalue weighted by molar-refractivity contribution is 8.18. The minimum absolute atomic E-state index is 0.134. The van der Waals surface area contributed by atoms with Gasteiger partial charge in [0.1, 0.15) is 12.4 Å². The maximum absolute atomic E-state index is 13.7. The lowest BCUT2D eigenvalue weighted by Gasteiger charge is -2.18. The van der Waals surface area contributed by atoms with E-state index in [9.17, 15) is 18.8 Å². The Bertz CT molecular complexity index is 698. The number of hydrogen-bond donors (Lipinski definition) is 0. The van der Waals surface area contributed by atoms with E-state index >= 15 is 0 Å². The zero-order valence-corrected chi connectivity index (χ0v) is 13.1. The third-order valence-corrected chi connectivity index (χ3v) is 4.72. The number of halogens is 1. The molecule has 0 aliphatic carbocycles. The first kappa shape index (κ1) is 15.7. The van der Waals surface area contributed by atoms with Crippen LogP contribution in [0.25, 0.3) is 6.08 Å². The Kier molecular flexibility index (Phi) is 4.47. The number of nitrogens with zero attached hydrogens (tertiary/aromatic N) is 2. The van der Waals surface area contributed by atoms with Crippen molar-refractivity contribution in [2.75, 3.05) is 19.6 Å². The SMILES string of the molecule is O=C(CN1C(=O)S/C(=C\c2ccccc2F)C1=O)N1CCCC1. The number of amides is 3. The summed E-state index contributed by atoms with van der Waals surface area (Å²) in [5.74, 6) is -1.24. The normalized spacial score (nSPS) is 20.0. The fraction of sp³-hybridized carbons (Fsp3) is 0.312. The average Bonchev–Trinajstić information content (AvgIpc) is 3.14. The molecule has 5 nitrogen and oxygen atoms in total. The highest BCUT2D eigenvalue weighted by Gasteiger charge is 2.37. The van der Waals surface area contributed by atoms with Gasteiger partial charge in [-0.15, -0.1) is 0 Å². The van der Waals surface area contributed by atoms with Crippen LogP contribution in [0.15, 0.2) is 29.2 Å². The topological polar surface area (TPSA) is 57.7 Å². The number of rotatable bonds is 3. The molecule has 3 amide bonds. The zero-order chi connectivity index (χ0) is 16.4. The first-order valence-electron chi connectivity index (χ1n) is 7.34. The minimum Gasteiger partial charge on any atom is -0.341 e. The predicted molar refractivity (Wildman–Crippen MR) is 84.9 cm³/mol. The number of carbonyl (C=O) groups is 3. The van der Waals surface area contributed by atoms with E-state index in [1.54, 1.807) is 17.0 Å². The minimum atomic E-state index is -0.546. The molecule has 0 saturated carbocycles. The van der Waals surface area contributed by atoms with Crippen LogP contribution in [0.5, 0.6) is 0 Å². The Balaban J connectivity index is 1.75. The maximum atomic E-state index is 13.7. The van der Waals surface area contributed by atoms with Gasteiger partial charge < -0.3 is 4.90 Å². The summed E-state index contributed by atoms with van der Waals surface area (Å²) in [6.07, 6.45) is 3.24. The largest absolute Gasteiger partial charge is 0.341 e. The quantitative estimate of drug-likeness (QED) is 0.797. The van der Waals surface area contributed by atoms with Gasteiger partial charge in [-0.05, 0) is 36.7 Å². The molecule has 7 heteroatoms. The Morgan fingerprint density at radius 3 is 2.61 bits per heavy atom. The molecule has 1 aromatic rings. The average molecular weight is 334 g/mol. The van der Waals surface area contributed by atoms with Gasteiger partial charge in [0.15, 0.2) is 0 Å². The van der Waals surface area contributed by atoms with E-state index in [-0.39, 0.29) is 22.9 Å².